The van der Waals surface area contributed by atoms with Crippen LogP contribution in [0.5, 0.6) is 0 Å². The van der Waals surface area contributed by atoms with E-state index >= 15 is 0 Å². The monoisotopic (exact) mass is 385 g/mol. The van der Waals surface area contributed by atoms with Crippen molar-refractivity contribution >= 4 is 26.6 Å². The predicted molar refractivity (Wildman–Crippen MR) is 112 cm³/mol. The summed E-state index contributed by atoms with van der Waals surface area (Å²) in [6, 6.07) is 10.2. The molecule has 27 heavy (non-hydrogen) atoms. The van der Waals surface area contributed by atoms with Gasteiger partial charge in [-0.1, -0.05) is 19.1 Å². The molecule has 0 bridgehead atoms. The Kier molecular flexibility index (Phi) is 5.31. The lowest BCUT2D eigenvalue weighted by atomic mass is 9.87. The molecule has 0 amide bonds. The molecule has 0 aliphatic carbocycles. The maximum Gasteiger partial charge on any atom is 0.238 e. The third-order valence-electron chi connectivity index (χ3n) is 5.25. The van der Waals surface area contributed by atoms with Gasteiger partial charge in [0.1, 0.15) is 0 Å². The minimum absolute atomic E-state index is 0.186. The highest BCUT2D eigenvalue weighted by molar-refractivity contribution is 7.89. The van der Waals surface area contributed by atoms with E-state index in [1.54, 1.807) is 6.92 Å². The molecule has 1 aromatic heterocycles. The van der Waals surface area contributed by atoms with Gasteiger partial charge in [-0.15, -0.1) is 0 Å². The normalized spacial score (nSPS) is 13.1. The van der Waals surface area contributed by atoms with Crippen LogP contribution < -0.4 is 10.5 Å². The Morgan fingerprint density at radius 3 is 2.52 bits per heavy atom. The standard InChI is InChI=1S/C21H27N3O2S/c1-5-16(12-24-18-7-6-17-8-9-23-19(17)11-18)20-13(2)10-14(3)21(15(20)4)27(22,25)26/h6-11,16,23-24H,5,12H2,1-4H3,(H2,22,25,26)/t16-/m1/s1. The van der Waals surface area contributed by atoms with E-state index in [1.807, 2.05) is 32.2 Å². The zero-order valence-electron chi connectivity index (χ0n) is 16.3. The Bertz CT molecular complexity index is 1080. The van der Waals surface area contributed by atoms with Crippen LogP contribution in [-0.2, 0) is 10.0 Å². The number of benzene rings is 2. The SMILES string of the molecule is CC[C@H](CNc1ccc2cc[nH]c2c1)c1c(C)cc(C)c(S(N)(=O)=O)c1C. The highest BCUT2D eigenvalue weighted by Crippen LogP contribution is 2.33. The fraction of sp³-hybridized carbons (Fsp3) is 0.333. The van der Waals surface area contributed by atoms with Gasteiger partial charge in [-0.05, 0) is 73.0 Å². The first-order valence-corrected chi connectivity index (χ1v) is 10.7. The largest absolute Gasteiger partial charge is 0.384 e. The molecule has 0 saturated carbocycles. The smallest absolute Gasteiger partial charge is 0.238 e. The fourth-order valence-corrected chi connectivity index (χ4v) is 5.14. The van der Waals surface area contributed by atoms with E-state index < -0.39 is 10.0 Å². The number of fused-ring (bicyclic) bond motifs is 1. The van der Waals surface area contributed by atoms with E-state index in [4.69, 9.17) is 5.14 Å². The second-order valence-electron chi connectivity index (χ2n) is 7.19. The number of nitrogens with one attached hydrogen (secondary N) is 2. The minimum atomic E-state index is -3.75. The zero-order valence-corrected chi connectivity index (χ0v) is 17.1. The number of H-pyrrole nitrogens is 1. The molecule has 1 atom stereocenters. The zero-order chi connectivity index (χ0) is 19.8. The number of hydrogen-bond acceptors (Lipinski definition) is 3. The molecule has 144 valence electrons. The minimum Gasteiger partial charge on any atom is -0.384 e. The second-order valence-corrected chi connectivity index (χ2v) is 8.69. The van der Waals surface area contributed by atoms with Crippen molar-refractivity contribution in [2.24, 2.45) is 5.14 Å². The van der Waals surface area contributed by atoms with Crippen LogP contribution in [0.4, 0.5) is 5.69 Å². The van der Waals surface area contributed by atoms with Crippen LogP contribution in [0.25, 0.3) is 10.9 Å². The van der Waals surface area contributed by atoms with E-state index in [1.165, 1.54) is 5.39 Å². The molecule has 4 N–H and O–H groups in total. The van der Waals surface area contributed by atoms with Gasteiger partial charge in [0.25, 0.3) is 0 Å². The van der Waals surface area contributed by atoms with Gasteiger partial charge >= 0.3 is 0 Å². The number of hydrogen-bond donors (Lipinski definition) is 3. The number of primary sulfonamides is 1. The molecule has 0 radical (unpaired) electrons. The van der Waals surface area contributed by atoms with Gasteiger partial charge in [-0.25, -0.2) is 13.6 Å². The number of aromatic nitrogens is 1. The maximum absolute atomic E-state index is 12.1. The predicted octanol–water partition coefficient (Wildman–Crippen LogP) is 4.35. The van der Waals surface area contributed by atoms with E-state index in [0.717, 1.165) is 40.9 Å². The van der Waals surface area contributed by atoms with Crippen molar-refractivity contribution in [2.75, 3.05) is 11.9 Å². The van der Waals surface area contributed by atoms with Crippen LogP contribution in [0.3, 0.4) is 0 Å². The summed E-state index contributed by atoms with van der Waals surface area (Å²) in [7, 11) is -3.75. The summed E-state index contributed by atoms with van der Waals surface area (Å²) in [5.41, 5.74) is 5.77. The number of nitrogens with two attached hydrogens (primary N) is 1. The summed E-state index contributed by atoms with van der Waals surface area (Å²) in [5, 5.41) is 10.2. The number of rotatable bonds is 6. The van der Waals surface area contributed by atoms with Crippen molar-refractivity contribution in [1.29, 1.82) is 0 Å². The van der Waals surface area contributed by atoms with Crippen LogP contribution >= 0.6 is 0 Å². The average molecular weight is 386 g/mol. The van der Waals surface area contributed by atoms with Gasteiger partial charge in [-0.2, -0.15) is 0 Å². The van der Waals surface area contributed by atoms with Crippen molar-refractivity contribution in [1.82, 2.24) is 4.98 Å². The fourth-order valence-electron chi connectivity index (χ4n) is 4.10. The number of sulfonamides is 1. The molecular formula is C21H27N3O2S. The summed E-state index contributed by atoms with van der Waals surface area (Å²) < 4.78 is 24.2. The van der Waals surface area contributed by atoms with Crippen molar-refractivity contribution in [3.63, 3.8) is 0 Å². The summed E-state index contributed by atoms with van der Waals surface area (Å²) in [4.78, 5) is 3.48. The molecule has 6 heteroatoms. The number of aromatic amines is 1. The Balaban J connectivity index is 1.93. The summed E-state index contributed by atoms with van der Waals surface area (Å²) in [6.45, 7) is 8.54. The molecule has 2 aromatic carbocycles. The van der Waals surface area contributed by atoms with Crippen LogP contribution in [0.15, 0.2) is 41.4 Å². The van der Waals surface area contributed by atoms with E-state index in [-0.39, 0.29) is 10.8 Å². The van der Waals surface area contributed by atoms with Crippen LogP contribution in [0.1, 0.15) is 41.5 Å². The molecule has 3 rings (SSSR count). The van der Waals surface area contributed by atoms with Crippen LogP contribution in [0.2, 0.25) is 0 Å². The highest BCUT2D eigenvalue weighted by Gasteiger charge is 2.23. The lowest BCUT2D eigenvalue weighted by Gasteiger charge is -2.24. The Hall–Kier alpha value is -2.31. The topological polar surface area (TPSA) is 88.0 Å². The van der Waals surface area contributed by atoms with Gasteiger partial charge in [0.15, 0.2) is 0 Å². The molecule has 0 spiro atoms. The summed E-state index contributed by atoms with van der Waals surface area (Å²) in [5.74, 6) is 0.186. The highest BCUT2D eigenvalue weighted by atomic mass is 32.2. The van der Waals surface area contributed by atoms with Crippen molar-refractivity contribution in [3.8, 4) is 0 Å². The third-order valence-corrected chi connectivity index (χ3v) is 6.45. The molecule has 0 unspecified atom stereocenters. The van der Waals surface area contributed by atoms with Gasteiger partial charge in [0.2, 0.25) is 10.0 Å². The quantitative estimate of drug-likeness (QED) is 0.589. The molecule has 0 fully saturated rings. The van der Waals surface area contributed by atoms with Gasteiger partial charge in [0, 0.05) is 29.9 Å². The number of anilines is 1. The van der Waals surface area contributed by atoms with E-state index in [0.29, 0.717) is 5.56 Å². The second kappa shape index (κ2) is 7.37. The van der Waals surface area contributed by atoms with Gasteiger partial charge in [-0.3, -0.25) is 0 Å². The first kappa shape index (κ1) is 19.5. The van der Waals surface area contributed by atoms with Crippen molar-refractivity contribution < 1.29 is 8.42 Å². The molecule has 0 saturated heterocycles. The molecule has 0 aliphatic rings. The Morgan fingerprint density at radius 1 is 1.11 bits per heavy atom. The molecule has 3 aromatic rings. The summed E-state index contributed by atoms with van der Waals surface area (Å²) in [6.07, 6.45) is 2.82. The molecule has 5 nitrogen and oxygen atoms in total. The van der Waals surface area contributed by atoms with Crippen LogP contribution in [0, 0.1) is 20.8 Å². The van der Waals surface area contributed by atoms with Gasteiger partial charge < -0.3 is 10.3 Å². The van der Waals surface area contributed by atoms with E-state index in [2.05, 4.69) is 35.4 Å². The molecule has 1 heterocycles. The molecule has 0 aliphatic heterocycles. The third kappa shape index (κ3) is 3.87. The van der Waals surface area contributed by atoms with E-state index in [9.17, 15) is 8.42 Å². The maximum atomic E-state index is 12.1. The van der Waals surface area contributed by atoms with Crippen molar-refractivity contribution in [3.05, 3.63) is 58.8 Å². The lowest BCUT2D eigenvalue weighted by molar-refractivity contribution is 0.595. The van der Waals surface area contributed by atoms with Crippen LogP contribution in [-0.4, -0.2) is 19.9 Å². The average Bonchev–Trinajstić information content (AvgIpc) is 3.03. The first-order valence-electron chi connectivity index (χ1n) is 9.17. The first-order chi connectivity index (χ1) is 12.7. The molecular weight excluding hydrogens is 358 g/mol. The van der Waals surface area contributed by atoms with Crippen molar-refractivity contribution in [2.45, 2.75) is 44.9 Å². The summed E-state index contributed by atoms with van der Waals surface area (Å²) >= 11 is 0. The lowest BCUT2D eigenvalue weighted by Crippen LogP contribution is -2.20. The van der Waals surface area contributed by atoms with Gasteiger partial charge in [0.05, 0.1) is 4.90 Å². The Morgan fingerprint density at radius 2 is 1.85 bits per heavy atom. The number of aryl methyl sites for hydroxylation is 2. The Labute approximate surface area is 161 Å².